The Kier molecular flexibility index (Phi) is 14.1. The minimum absolute atomic E-state index is 0.230. The molecule has 0 aromatic heterocycles. The zero-order chi connectivity index (χ0) is 30.3. The number of aryl methyl sites for hydroxylation is 1. The first-order valence-electron chi connectivity index (χ1n) is 13.2. The van der Waals surface area contributed by atoms with Gasteiger partial charge in [-0.3, -0.25) is 4.79 Å². The zero-order valence-corrected chi connectivity index (χ0v) is 24.1. The number of hydrogen-bond acceptors (Lipinski definition) is 6. The summed E-state index contributed by atoms with van der Waals surface area (Å²) in [6.45, 7) is 10.3. The molecule has 1 aliphatic carbocycles. The van der Waals surface area contributed by atoms with Crippen molar-refractivity contribution in [3.8, 4) is 6.07 Å². The zero-order valence-electron chi connectivity index (χ0n) is 24.1. The summed E-state index contributed by atoms with van der Waals surface area (Å²) in [6, 6.07) is 18.0. The fourth-order valence-electron chi connectivity index (χ4n) is 4.00. The van der Waals surface area contributed by atoms with Gasteiger partial charge in [0, 0.05) is 5.39 Å². The lowest BCUT2D eigenvalue weighted by Gasteiger charge is -2.27. The van der Waals surface area contributed by atoms with E-state index in [1.165, 1.54) is 12.7 Å². The number of carboxylic acids is 1. The first-order chi connectivity index (χ1) is 19.0. The van der Waals surface area contributed by atoms with Crippen molar-refractivity contribution < 1.29 is 29.0 Å². The van der Waals surface area contributed by atoms with Crippen molar-refractivity contribution in [2.24, 2.45) is 0 Å². The van der Waals surface area contributed by atoms with Gasteiger partial charge in [-0.1, -0.05) is 38.1 Å². The van der Waals surface area contributed by atoms with E-state index in [9.17, 15) is 14.4 Å². The van der Waals surface area contributed by atoms with Crippen LogP contribution in [0.1, 0.15) is 90.8 Å². The van der Waals surface area contributed by atoms with Gasteiger partial charge in [-0.2, -0.15) is 5.26 Å². The lowest BCUT2D eigenvalue weighted by molar-refractivity contribution is -0.138. The number of fused-ring (bicyclic) bond motifs is 2. The minimum Gasteiger partial charge on any atom is -0.677 e. The molecule has 1 aliphatic rings. The van der Waals surface area contributed by atoms with Crippen molar-refractivity contribution >= 4 is 29.2 Å². The van der Waals surface area contributed by atoms with Gasteiger partial charge in [-0.05, 0) is 92.8 Å². The van der Waals surface area contributed by atoms with Crippen LogP contribution in [0.3, 0.4) is 0 Å². The van der Waals surface area contributed by atoms with Crippen molar-refractivity contribution in [3.63, 3.8) is 0 Å². The first-order valence-corrected chi connectivity index (χ1v) is 13.2. The Hall–Kier alpha value is -4.22. The highest BCUT2D eigenvalue weighted by molar-refractivity contribution is 5.97. The van der Waals surface area contributed by atoms with Crippen molar-refractivity contribution in [3.05, 3.63) is 88.1 Å². The van der Waals surface area contributed by atoms with E-state index in [1.54, 1.807) is 30.3 Å². The summed E-state index contributed by atoms with van der Waals surface area (Å²) < 4.78 is 9.19. The summed E-state index contributed by atoms with van der Waals surface area (Å²) in [6.07, 6.45) is 3.15. The standard InChI is InChI=1S/C13H9NO2.C12H14NO2.C5H10O2.C2H6/c1-16-13(15)10-6-5-9-3-2-4-11(8-14)12(9)7-10;13-7-10-3-1-2-8-4-5-9(12(14)15)6-11(8)10;1-5(2,3)7-4-6;1-2/h2-7H,1H3;4-6,10,13H,1-3,7H2,(H,14,15);4H,1-3H3;1-2H3/q;-1;;. The van der Waals surface area contributed by atoms with Crippen molar-refractivity contribution in [1.29, 1.82) is 5.26 Å². The van der Waals surface area contributed by atoms with Crippen molar-refractivity contribution in [1.82, 2.24) is 0 Å². The Morgan fingerprint density at radius 1 is 1.10 bits per heavy atom. The average molecular weight is 548 g/mol. The maximum absolute atomic E-state index is 11.4. The predicted molar refractivity (Wildman–Crippen MR) is 157 cm³/mol. The molecule has 0 saturated carbocycles. The smallest absolute Gasteiger partial charge is 0.337 e. The molecule has 0 saturated heterocycles. The largest absolute Gasteiger partial charge is 0.677 e. The number of carboxylic acid groups (broad SMARTS) is 1. The molecule has 4 rings (SSSR count). The molecule has 0 heterocycles. The van der Waals surface area contributed by atoms with Gasteiger partial charge in [0.15, 0.2) is 0 Å². The van der Waals surface area contributed by atoms with Crippen LogP contribution in [0, 0.1) is 11.3 Å². The average Bonchev–Trinajstić information content (AvgIpc) is 2.96. The predicted octanol–water partition coefficient (Wildman–Crippen LogP) is 7.34. The maximum atomic E-state index is 11.4. The molecule has 0 radical (unpaired) electrons. The number of esters is 1. The number of nitrogens with zero attached hydrogens (tertiary/aromatic N) is 1. The van der Waals surface area contributed by atoms with Crippen LogP contribution < -0.4 is 0 Å². The first kappa shape index (κ1) is 33.8. The number of carbonyl (C=O) groups excluding carboxylic acids is 2. The van der Waals surface area contributed by atoms with Gasteiger partial charge in [-0.15, -0.1) is 6.54 Å². The van der Waals surface area contributed by atoms with E-state index >= 15 is 0 Å². The van der Waals surface area contributed by atoms with E-state index in [-0.39, 0.29) is 11.5 Å². The number of ether oxygens (including phenoxy) is 2. The number of aromatic carboxylic acids is 1. The second-order valence-corrected chi connectivity index (χ2v) is 9.68. The topological polar surface area (TPSA) is 137 Å². The fourth-order valence-corrected chi connectivity index (χ4v) is 4.00. The second kappa shape index (κ2) is 16.7. The van der Waals surface area contributed by atoms with E-state index in [0.29, 0.717) is 29.7 Å². The van der Waals surface area contributed by atoms with Crippen LogP contribution in [0.15, 0.2) is 54.6 Å². The number of nitriles is 1. The Bertz CT molecular complexity index is 1320. The molecular formula is C32H39N2O6-. The van der Waals surface area contributed by atoms with Gasteiger partial charge >= 0.3 is 11.9 Å². The number of methoxy groups -OCH3 is 1. The molecule has 8 nitrogen and oxygen atoms in total. The summed E-state index contributed by atoms with van der Waals surface area (Å²) >= 11 is 0. The Balaban J connectivity index is 0.000000311. The molecule has 214 valence electrons. The fraction of sp³-hybridized carbons (Fsp3) is 0.375. The quantitative estimate of drug-likeness (QED) is 0.266. The van der Waals surface area contributed by atoms with Gasteiger partial charge < -0.3 is 20.3 Å². The SMILES string of the molecule is CC.CC(C)(C)OC=O.COC(=O)c1ccc2cccc(C#N)c2c1.[NH-]CC1CCCc2ccc(C(=O)O)cc21. The number of benzene rings is 3. The number of rotatable bonds is 4. The van der Waals surface area contributed by atoms with Crippen LogP contribution in [0.25, 0.3) is 16.5 Å². The number of nitrogens with one attached hydrogen (secondary N) is 1. The summed E-state index contributed by atoms with van der Waals surface area (Å²) in [7, 11) is 1.34. The lowest BCUT2D eigenvalue weighted by Crippen LogP contribution is -2.17. The molecule has 3 aromatic rings. The molecule has 0 bridgehead atoms. The van der Waals surface area contributed by atoms with Crippen LogP contribution in [0.4, 0.5) is 0 Å². The van der Waals surface area contributed by atoms with Gasteiger partial charge in [0.1, 0.15) is 5.60 Å². The highest BCUT2D eigenvalue weighted by Gasteiger charge is 2.18. The van der Waals surface area contributed by atoms with E-state index in [4.69, 9.17) is 16.1 Å². The third-order valence-electron chi connectivity index (χ3n) is 5.90. The third-order valence-corrected chi connectivity index (χ3v) is 5.90. The monoisotopic (exact) mass is 547 g/mol. The van der Waals surface area contributed by atoms with Crippen LogP contribution in [-0.4, -0.2) is 42.8 Å². The Morgan fingerprint density at radius 3 is 2.30 bits per heavy atom. The van der Waals surface area contributed by atoms with Gasteiger partial charge in [0.2, 0.25) is 0 Å². The van der Waals surface area contributed by atoms with Crippen molar-refractivity contribution in [2.75, 3.05) is 13.7 Å². The second-order valence-electron chi connectivity index (χ2n) is 9.68. The van der Waals surface area contributed by atoms with Crippen LogP contribution in [0.2, 0.25) is 0 Å². The Morgan fingerprint density at radius 2 is 1.77 bits per heavy atom. The summed E-state index contributed by atoms with van der Waals surface area (Å²) in [5.41, 5.74) is 10.8. The van der Waals surface area contributed by atoms with E-state index < -0.39 is 11.9 Å². The molecule has 0 aliphatic heterocycles. The lowest BCUT2D eigenvalue weighted by atomic mass is 9.82. The molecule has 40 heavy (non-hydrogen) atoms. The molecule has 0 fully saturated rings. The van der Waals surface area contributed by atoms with E-state index in [2.05, 4.69) is 15.5 Å². The molecule has 2 N–H and O–H groups in total. The van der Waals surface area contributed by atoms with Gasteiger partial charge in [-0.25, -0.2) is 9.59 Å². The third kappa shape index (κ3) is 10.2. The maximum Gasteiger partial charge on any atom is 0.337 e. The van der Waals surface area contributed by atoms with E-state index in [1.807, 2.05) is 58.9 Å². The summed E-state index contributed by atoms with van der Waals surface area (Å²) in [5.74, 6) is -1.05. The van der Waals surface area contributed by atoms with Gasteiger partial charge in [0.25, 0.3) is 6.47 Å². The molecule has 0 spiro atoms. The highest BCUT2D eigenvalue weighted by atomic mass is 16.5. The summed E-state index contributed by atoms with van der Waals surface area (Å²) in [4.78, 5) is 31.8. The molecule has 1 atom stereocenters. The highest BCUT2D eigenvalue weighted by Crippen LogP contribution is 2.32. The van der Waals surface area contributed by atoms with Gasteiger partial charge in [0.05, 0.1) is 29.9 Å². The molecular weight excluding hydrogens is 508 g/mol. The number of carbonyl (C=O) groups is 3. The van der Waals surface area contributed by atoms with Crippen LogP contribution in [0.5, 0.6) is 0 Å². The molecule has 0 amide bonds. The summed E-state index contributed by atoms with van der Waals surface area (Å²) in [5, 5.41) is 19.6. The minimum atomic E-state index is -0.882. The molecule has 8 heteroatoms. The van der Waals surface area contributed by atoms with Crippen molar-refractivity contribution in [2.45, 2.75) is 65.4 Å². The number of hydrogen-bond donors (Lipinski definition) is 1. The van der Waals surface area contributed by atoms with Crippen LogP contribution >= 0.6 is 0 Å². The van der Waals surface area contributed by atoms with E-state index in [0.717, 1.165) is 35.6 Å². The normalized spacial score (nSPS) is 13.3. The molecule has 1 unspecified atom stereocenters. The van der Waals surface area contributed by atoms with Crippen LogP contribution in [-0.2, 0) is 20.7 Å². The Labute approximate surface area is 236 Å². The molecule has 3 aromatic carbocycles.